The number of likely N-dealkylation sites (N-methyl/N-ethyl adjacent to an activating group) is 1. The van der Waals surface area contributed by atoms with Crippen LogP contribution in [0.4, 0.5) is 0 Å². The summed E-state index contributed by atoms with van der Waals surface area (Å²) in [5.41, 5.74) is 2.78. The lowest BCUT2D eigenvalue weighted by atomic mass is 9.74. The summed E-state index contributed by atoms with van der Waals surface area (Å²) in [4.78, 5) is 4.67. The van der Waals surface area contributed by atoms with Crippen LogP contribution in [0.15, 0.2) is 18.3 Å². The highest BCUT2D eigenvalue weighted by atomic mass is 16.5. The molecule has 3 heteroatoms. The molecule has 0 spiro atoms. The highest BCUT2D eigenvalue weighted by molar-refractivity contribution is 5.28. The van der Waals surface area contributed by atoms with Gasteiger partial charge < -0.3 is 10.1 Å². The summed E-state index contributed by atoms with van der Waals surface area (Å²) in [7, 11) is 3.86. The third-order valence-electron chi connectivity index (χ3n) is 4.44. The summed E-state index contributed by atoms with van der Waals surface area (Å²) >= 11 is 0. The molecule has 1 N–H and O–H groups in total. The zero-order valence-corrected chi connectivity index (χ0v) is 13.4. The average molecular weight is 276 g/mol. The topological polar surface area (TPSA) is 34.2 Å². The molecular formula is C17H28N2O. The lowest BCUT2D eigenvalue weighted by molar-refractivity contribution is -0.0179. The van der Waals surface area contributed by atoms with E-state index < -0.39 is 0 Å². The van der Waals surface area contributed by atoms with Crippen molar-refractivity contribution in [2.75, 3.05) is 14.2 Å². The van der Waals surface area contributed by atoms with E-state index in [-0.39, 0.29) is 11.5 Å². The molecule has 20 heavy (non-hydrogen) atoms. The molecule has 2 rings (SSSR count). The SMILES string of the molecule is CNC(C1CCCc2cccnc21)C(OC)C(C)(C)C. The molecule has 1 aliphatic carbocycles. The number of pyridine rings is 1. The summed E-state index contributed by atoms with van der Waals surface area (Å²) in [6.07, 6.45) is 5.67. The zero-order chi connectivity index (χ0) is 14.8. The fraction of sp³-hybridized carbons (Fsp3) is 0.706. The third kappa shape index (κ3) is 3.04. The molecule has 1 aliphatic rings. The van der Waals surface area contributed by atoms with Gasteiger partial charge in [0.15, 0.2) is 0 Å². The van der Waals surface area contributed by atoms with Crippen molar-refractivity contribution in [1.82, 2.24) is 10.3 Å². The van der Waals surface area contributed by atoms with E-state index in [1.807, 2.05) is 26.4 Å². The molecule has 0 aliphatic heterocycles. The van der Waals surface area contributed by atoms with Gasteiger partial charge in [0, 0.05) is 31.0 Å². The van der Waals surface area contributed by atoms with Crippen LogP contribution in [0.1, 0.15) is 50.8 Å². The third-order valence-corrected chi connectivity index (χ3v) is 4.44. The Bertz CT molecular complexity index is 439. The molecule has 0 saturated heterocycles. The first-order valence-corrected chi connectivity index (χ1v) is 7.63. The number of aryl methyl sites for hydroxylation is 1. The predicted octanol–water partition coefficient (Wildman–Crippen LogP) is 3.15. The lowest BCUT2D eigenvalue weighted by Crippen LogP contribution is -2.50. The molecule has 0 aromatic carbocycles. The van der Waals surface area contributed by atoms with E-state index in [1.165, 1.54) is 24.1 Å². The van der Waals surface area contributed by atoms with Gasteiger partial charge in [-0.15, -0.1) is 0 Å². The van der Waals surface area contributed by atoms with E-state index in [2.05, 4.69) is 37.1 Å². The van der Waals surface area contributed by atoms with E-state index in [0.29, 0.717) is 12.0 Å². The highest BCUT2D eigenvalue weighted by Crippen LogP contribution is 2.37. The molecule has 1 heterocycles. The Hall–Kier alpha value is -0.930. The van der Waals surface area contributed by atoms with Crippen LogP contribution in [0.25, 0.3) is 0 Å². The summed E-state index contributed by atoms with van der Waals surface area (Å²) in [6.45, 7) is 6.73. The van der Waals surface area contributed by atoms with Gasteiger partial charge in [0.25, 0.3) is 0 Å². The van der Waals surface area contributed by atoms with E-state index in [9.17, 15) is 0 Å². The Morgan fingerprint density at radius 3 is 2.75 bits per heavy atom. The molecule has 0 amide bonds. The number of ether oxygens (including phenoxy) is 1. The second-order valence-corrected chi connectivity index (χ2v) is 6.88. The Labute approximate surface area is 123 Å². The fourth-order valence-electron chi connectivity index (χ4n) is 3.60. The van der Waals surface area contributed by atoms with Gasteiger partial charge in [-0.3, -0.25) is 4.98 Å². The first-order valence-electron chi connectivity index (χ1n) is 7.63. The first-order chi connectivity index (χ1) is 9.49. The molecular weight excluding hydrogens is 248 g/mol. The van der Waals surface area contributed by atoms with Crippen LogP contribution in [0.5, 0.6) is 0 Å². The van der Waals surface area contributed by atoms with Gasteiger partial charge in [0.05, 0.1) is 6.10 Å². The van der Waals surface area contributed by atoms with Crippen LogP contribution >= 0.6 is 0 Å². The minimum Gasteiger partial charge on any atom is -0.379 e. The molecule has 3 nitrogen and oxygen atoms in total. The summed E-state index contributed by atoms with van der Waals surface area (Å²) in [5, 5.41) is 3.51. The maximum Gasteiger partial charge on any atom is 0.0778 e. The monoisotopic (exact) mass is 276 g/mol. The smallest absolute Gasteiger partial charge is 0.0778 e. The molecule has 112 valence electrons. The molecule has 1 aromatic heterocycles. The number of aromatic nitrogens is 1. The van der Waals surface area contributed by atoms with E-state index in [4.69, 9.17) is 4.74 Å². The minimum atomic E-state index is 0.106. The van der Waals surface area contributed by atoms with Crippen molar-refractivity contribution in [3.05, 3.63) is 29.6 Å². The summed E-state index contributed by atoms with van der Waals surface area (Å²) < 4.78 is 5.85. The van der Waals surface area contributed by atoms with Gasteiger partial charge in [-0.1, -0.05) is 26.8 Å². The maximum atomic E-state index is 5.85. The van der Waals surface area contributed by atoms with Crippen LogP contribution < -0.4 is 5.32 Å². The molecule has 0 fully saturated rings. The highest BCUT2D eigenvalue weighted by Gasteiger charge is 2.39. The molecule has 3 unspecified atom stereocenters. The van der Waals surface area contributed by atoms with Crippen LogP contribution in [-0.2, 0) is 11.2 Å². The second-order valence-electron chi connectivity index (χ2n) is 6.88. The Morgan fingerprint density at radius 2 is 2.15 bits per heavy atom. The number of nitrogens with zero attached hydrogens (tertiary/aromatic N) is 1. The van der Waals surface area contributed by atoms with Crippen LogP contribution in [0.2, 0.25) is 0 Å². The maximum absolute atomic E-state index is 5.85. The first kappa shape index (κ1) is 15.5. The van der Waals surface area contributed by atoms with E-state index >= 15 is 0 Å². The van der Waals surface area contributed by atoms with Crippen molar-refractivity contribution >= 4 is 0 Å². The van der Waals surface area contributed by atoms with Gasteiger partial charge in [-0.25, -0.2) is 0 Å². The molecule has 3 atom stereocenters. The molecule has 0 radical (unpaired) electrons. The fourth-order valence-corrected chi connectivity index (χ4v) is 3.60. The van der Waals surface area contributed by atoms with Crippen LogP contribution in [0.3, 0.4) is 0 Å². The number of fused-ring (bicyclic) bond motifs is 1. The number of nitrogens with one attached hydrogen (secondary N) is 1. The van der Waals surface area contributed by atoms with E-state index in [1.54, 1.807) is 0 Å². The van der Waals surface area contributed by atoms with Gasteiger partial charge in [0.2, 0.25) is 0 Å². The Balaban J connectivity index is 2.33. The van der Waals surface area contributed by atoms with Crippen molar-refractivity contribution in [3.8, 4) is 0 Å². The minimum absolute atomic E-state index is 0.106. The summed E-state index contributed by atoms with van der Waals surface area (Å²) in [5.74, 6) is 0.439. The Morgan fingerprint density at radius 1 is 1.40 bits per heavy atom. The molecule has 1 aromatic rings. The zero-order valence-electron chi connectivity index (χ0n) is 13.4. The Kier molecular flexibility index (Phi) is 4.82. The summed E-state index contributed by atoms with van der Waals surface area (Å²) in [6, 6.07) is 4.57. The number of hydrogen-bond donors (Lipinski definition) is 1. The molecule has 0 bridgehead atoms. The van der Waals surface area contributed by atoms with Crippen molar-refractivity contribution in [2.45, 2.75) is 58.1 Å². The second kappa shape index (κ2) is 6.23. The lowest BCUT2D eigenvalue weighted by Gasteiger charge is -2.41. The van der Waals surface area contributed by atoms with Crippen molar-refractivity contribution in [3.63, 3.8) is 0 Å². The largest absolute Gasteiger partial charge is 0.379 e. The van der Waals surface area contributed by atoms with Crippen LogP contribution in [0, 0.1) is 5.41 Å². The quantitative estimate of drug-likeness (QED) is 0.917. The van der Waals surface area contributed by atoms with Crippen molar-refractivity contribution in [1.29, 1.82) is 0 Å². The van der Waals surface area contributed by atoms with E-state index in [0.717, 1.165) is 6.42 Å². The van der Waals surface area contributed by atoms with Crippen molar-refractivity contribution in [2.24, 2.45) is 5.41 Å². The van der Waals surface area contributed by atoms with Gasteiger partial charge in [-0.05, 0) is 43.4 Å². The number of methoxy groups -OCH3 is 1. The standard InChI is InChI=1S/C17H28N2O/c1-17(2,3)16(20-5)15(18-4)13-10-6-8-12-9-7-11-19-14(12)13/h7,9,11,13,15-16,18H,6,8,10H2,1-5H3. The predicted molar refractivity (Wildman–Crippen MR) is 83.0 cm³/mol. The van der Waals surface area contributed by atoms with Crippen LogP contribution in [-0.4, -0.2) is 31.3 Å². The normalized spacial score (nSPS) is 22.1. The number of hydrogen-bond acceptors (Lipinski definition) is 3. The number of rotatable bonds is 4. The average Bonchev–Trinajstić information content (AvgIpc) is 2.42. The van der Waals surface area contributed by atoms with Gasteiger partial charge >= 0.3 is 0 Å². The van der Waals surface area contributed by atoms with Crippen molar-refractivity contribution < 1.29 is 4.74 Å². The van der Waals surface area contributed by atoms with Gasteiger partial charge in [-0.2, -0.15) is 0 Å². The molecule has 0 saturated carbocycles. The van der Waals surface area contributed by atoms with Gasteiger partial charge in [0.1, 0.15) is 0 Å².